The summed E-state index contributed by atoms with van der Waals surface area (Å²) in [5.74, 6) is -1.04. The van der Waals surface area contributed by atoms with Crippen molar-refractivity contribution in [1.82, 2.24) is 14.5 Å². The maximum absolute atomic E-state index is 12.5. The lowest BCUT2D eigenvalue weighted by Crippen LogP contribution is -2.28. The smallest absolute Gasteiger partial charge is 0.337 e. The van der Waals surface area contributed by atoms with Crippen LogP contribution in [0.15, 0.2) is 48.7 Å². The molecule has 0 aliphatic heterocycles. The van der Waals surface area contributed by atoms with E-state index in [4.69, 9.17) is 26.3 Å². The summed E-state index contributed by atoms with van der Waals surface area (Å²) in [6.45, 7) is 9.55. The first-order valence-electron chi connectivity index (χ1n) is 12.0. The lowest BCUT2D eigenvalue weighted by atomic mass is 9.91. The van der Waals surface area contributed by atoms with Gasteiger partial charge in [0, 0.05) is 34.8 Å². The molecular formula is C29H28ClN3O3S. The van der Waals surface area contributed by atoms with Crippen LogP contribution in [0.4, 0.5) is 0 Å². The minimum absolute atomic E-state index is 0.607. The maximum atomic E-state index is 12.5. The zero-order valence-corrected chi connectivity index (χ0v) is 23.2. The van der Waals surface area contributed by atoms with Gasteiger partial charge in [-0.15, -0.1) is 11.3 Å². The fourth-order valence-corrected chi connectivity index (χ4v) is 5.93. The van der Waals surface area contributed by atoms with Crippen LogP contribution in [0.25, 0.3) is 43.1 Å². The van der Waals surface area contributed by atoms with Crippen molar-refractivity contribution in [2.45, 2.75) is 46.3 Å². The highest BCUT2D eigenvalue weighted by Gasteiger charge is 2.32. The number of aryl methyl sites for hydroxylation is 3. The molecular weight excluding hydrogens is 506 g/mol. The number of fused-ring (bicyclic) bond motifs is 2. The van der Waals surface area contributed by atoms with Crippen molar-refractivity contribution in [3.63, 3.8) is 0 Å². The van der Waals surface area contributed by atoms with Crippen molar-refractivity contribution in [2.75, 3.05) is 0 Å². The van der Waals surface area contributed by atoms with Gasteiger partial charge < -0.3 is 14.4 Å². The van der Waals surface area contributed by atoms with Crippen molar-refractivity contribution in [2.24, 2.45) is 7.05 Å². The average molecular weight is 534 g/mol. The summed E-state index contributed by atoms with van der Waals surface area (Å²) in [5, 5.41) is 12.7. The zero-order chi connectivity index (χ0) is 26.6. The van der Waals surface area contributed by atoms with Gasteiger partial charge in [0.15, 0.2) is 6.10 Å². The average Bonchev–Trinajstić information content (AvgIpc) is 3.37. The molecule has 0 bridgehead atoms. The van der Waals surface area contributed by atoms with Crippen molar-refractivity contribution in [3.05, 3.63) is 70.4 Å². The highest BCUT2D eigenvalue weighted by Crippen LogP contribution is 2.44. The van der Waals surface area contributed by atoms with E-state index in [-0.39, 0.29) is 0 Å². The Morgan fingerprint density at radius 1 is 1.08 bits per heavy atom. The van der Waals surface area contributed by atoms with E-state index in [1.807, 2.05) is 75.7 Å². The third-order valence-electron chi connectivity index (χ3n) is 6.26. The molecule has 0 aliphatic carbocycles. The van der Waals surface area contributed by atoms with Crippen LogP contribution in [0.3, 0.4) is 0 Å². The number of carboxylic acids is 1. The number of carbonyl (C=O) groups is 1. The first-order chi connectivity index (χ1) is 17.4. The molecule has 190 valence electrons. The van der Waals surface area contributed by atoms with Crippen molar-refractivity contribution in [1.29, 1.82) is 0 Å². The molecule has 2 aromatic carbocycles. The van der Waals surface area contributed by atoms with E-state index < -0.39 is 17.7 Å². The predicted molar refractivity (Wildman–Crippen MR) is 150 cm³/mol. The van der Waals surface area contributed by atoms with E-state index in [1.54, 1.807) is 0 Å². The molecule has 0 saturated heterocycles. The molecule has 0 amide bonds. The van der Waals surface area contributed by atoms with E-state index >= 15 is 0 Å². The molecule has 0 aliphatic rings. The largest absolute Gasteiger partial charge is 0.479 e. The summed E-state index contributed by atoms with van der Waals surface area (Å²) in [5.41, 5.74) is 6.04. The molecule has 0 spiro atoms. The van der Waals surface area contributed by atoms with E-state index in [2.05, 4.69) is 19.2 Å². The quantitative estimate of drug-likeness (QED) is 0.250. The van der Waals surface area contributed by atoms with Gasteiger partial charge in [0.1, 0.15) is 16.3 Å². The van der Waals surface area contributed by atoms with Crippen molar-refractivity contribution >= 4 is 50.2 Å². The number of hydrogen-bond acceptors (Lipinski definition) is 5. The molecule has 0 fully saturated rings. The molecule has 5 rings (SSSR count). The molecule has 1 atom stereocenters. The summed E-state index contributed by atoms with van der Waals surface area (Å²) >= 11 is 7.70. The van der Waals surface area contributed by atoms with Gasteiger partial charge in [-0.1, -0.05) is 23.7 Å². The first kappa shape index (κ1) is 25.4. The van der Waals surface area contributed by atoms with Crippen LogP contribution in [0.2, 0.25) is 5.02 Å². The Labute approximate surface area is 224 Å². The second-order valence-electron chi connectivity index (χ2n) is 10.3. The SMILES string of the molecule is Cc1cc2nc(-c3ccc4c(C)cn(C)c4n3)sc2c(-c2ccc(Cl)cc2)c1[C@H](OC(C)(C)C)C(=O)O. The molecule has 0 unspecified atom stereocenters. The molecule has 6 nitrogen and oxygen atoms in total. The van der Waals surface area contributed by atoms with Gasteiger partial charge in [-0.05, 0) is 81.6 Å². The summed E-state index contributed by atoms with van der Waals surface area (Å²) in [6, 6.07) is 13.4. The van der Waals surface area contributed by atoms with Crippen molar-refractivity contribution < 1.29 is 14.6 Å². The van der Waals surface area contributed by atoms with Gasteiger partial charge in [0.05, 0.1) is 15.8 Å². The Hall–Kier alpha value is -3.26. The number of rotatable bonds is 5. The van der Waals surface area contributed by atoms with Crippen LogP contribution in [-0.2, 0) is 16.6 Å². The number of thiazole rings is 1. The second-order valence-corrected chi connectivity index (χ2v) is 11.7. The van der Waals surface area contributed by atoms with E-state index in [0.717, 1.165) is 48.6 Å². The third-order valence-corrected chi connectivity index (χ3v) is 7.62. The van der Waals surface area contributed by atoms with E-state index in [1.165, 1.54) is 16.9 Å². The van der Waals surface area contributed by atoms with Gasteiger partial charge in [0.2, 0.25) is 0 Å². The van der Waals surface area contributed by atoms with Gasteiger partial charge in [0.25, 0.3) is 0 Å². The predicted octanol–water partition coefficient (Wildman–Crippen LogP) is 7.73. The summed E-state index contributed by atoms with van der Waals surface area (Å²) in [4.78, 5) is 22.4. The monoisotopic (exact) mass is 533 g/mol. The van der Waals surface area contributed by atoms with Crippen LogP contribution in [0.5, 0.6) is 0 Å². The highest BCUT2D eigenvalue weighted by atomic mass is 35.5. The molecule has 0 saturated carbocycles. The molecule has 1 N–H and O–H groups in total. The number of pyridine rings is 1. The molecule has 3 aromatic heterocycles. The van der Waals surface area contributed by atoms with Crippen LogP contribution >= 0.6 is 22.9 Å². The minimum Gasteiger partial charge on any atom is -0.479 e. The molecule has 5 aromatic rings. The maximum Gasteiger partial charge on any atom is 0.337 e. The normalized spacial score (nSPS) is 12.9. The first-order valence-corrected chi connectivity index (χ1v) is 13.2. The highest BCUT2D eigenvalue weighted by molar-refractivity contribution is 7.22. The van der Waals surface area contributed by atoms with Crippen molar-refractivity contribution in [3.8, 4) is 21.8 Å². The summed E-state index contributed by atoms with van der Waals surface area (Å²) < 4.78 is 9.00. The minimum atomic E-state index is -1.15. The number of aromatic nitrogens is 3. The number of nitrogens with zero attached hydrogens (tertiary/aromatic N) is 3. The second kappa shape index (κ2) is 9.24. The molecule has 3 heterocycles. The fourth-order valence-electron chi connectivity index (χ4n) is 4.71. The number of carboxylic acid groups (broad SMARTS) is 1. The van der Waals surface area contributed by atoms with Crippen LogP contribution in [-0.4, -0.2) is 31.2 Å². The number of aliphatic carboxylic acids is 1. The van der Waals surface area contributed by atoms with Gasteiger partial charge in [-0.3, -0.25) is 0 Å². The summed E-state index contributed by atoms with van der Waals surface area (Å²) in [7, 11) is 1.99. The Morgan fingerprint density at radius 2 is 1.78 bits per heavy atom. The number of ether oxygens (including phenoxy) is 1. The van der Waals surface area contributed by atoms with Gasteiger partial charge in [-0.2, -0.15) is 0 Å². The fraction of sp³-hybridized carbons (Fsp3) is 0.276. The number of halogens is 1. The Bertz CT molecular complexity index is 1660. The van der Waals surface area contributed by atoms with Gasteiger partial charge in [-0.25, -0.2) is 14.8 Å². The zero-order valence-electron chi connectivity index (χ0n) is 21.6. The lowest BCUT2D eigenvalue weighted by Gasteiger charge is -2.28. The Kier molecular flexibility index (Phi) is 6.34. The third kappa shape index (κ3) is 4.75. The van der Waals surface area contributed by atoms with Gasteiger partial charge >= 0.3 is 5.97 Å². The Balaban J connectivity index is 1.78. The molecule has 37 heavy (non-hydrogen) atoms. The standard InChI is InChI=1S/C29H28ClN3O3S/c1-15-13-21-25(37-27(32-21)20-12-11-19-16(2)14-33(6)26(19)31-20)23(17-7-9-18(30)10-8-17)22(15)24(28(34)35)36-29(3,4)5/h7-14,24H,1-6H3,(H,34,35)/t24-/m0/s1. The van der Waals surface area contributed by atoms with E-state index in [0.29, 0.717) is 10.6 Å². The molecule has 8 heteroatoms. The lowest BCUT2D eigenvalue weighted by molar-refractivity contribution is -0.160. The summed E-state index contributed by atoms with van der Waals surface area (Å²) in [6.07, 6.45) is 0.913. The van der Waals surface area contributed by atoms with Crippen LogP contribution in [0.1, 0.15) is 43.6 Å². The number of benzene rings is 2. The van der Waals surface area contributed by atoms with Crippen LogP contribution < -0.4 is 0 Å². The van der Waals surface area contributed by atoms with Crippen LogP contribution in [0, 0.1) is 13.8 Å². The Morgan fingerprint density at radius 3 is 2.43 bits per heavy atom. The topological polar surface area (TPSA) is 77.2 Å². The van der Waals surface area contributed by atoms with E-state index in [9.17, 15) is 9.90 Å². The molecule has 0 radical (unpaired) electrons. The number of hydrogen-bond donors (Lipinski definition) is 1.